The van der Waals surface area contributed by atoms with Crippen molar-refractivity contribution < 1.29 is 0 Å². The predicted octanol–water partition coefficient (Wildman–Crippen LogP) is 17.0. The molecular weight excluding hydrogens is 745 g/mol. The molecule has 0 heterocycles. The van der Waals surface area contributed by atoms with Crippen molar-refractivity contribution in [1.29, 1.82) is 0 Å². The van der Waals surface area contributed by atoms with Crippen LogP contribution >= 0.6 is 0 Å². The minimum atomic E-state index is 0.115. The highest BCUT2D eigenvalue weighted by Crippen LogP contribution is 2.32. The van der Waals surface area contributed by atoms with Crippen LogP contribution in [0.2, 0.25) is 0 Å². The van der Waals surface area contributed by atoms with Crippen molar-refractivity contribution in [3.05, 3.63) is 261 Å². The molecule has 0 amide bonds. The van der Waals surface area contributed by atoms with Gasteiger partial charge in [-0.15, -0.1) is 0 Å². The summed E-state index contributed by atoms with van der Waals surface area (Å²) in [5, 5.41) is 2.46. The van der Waals surface area contributed by atoms with Crippen LogP contribution in [0.5, 0.6) is 0 Å². The van der Waals surface area contributed by atoms with E-state index in [1.807, 2.05) is 0 Å². The number of rotatable bonds is 10. The molecule has 0 atom stereocenters. The van der Waals surface area contributed by atoms with Gasteiger partial charge in [0.05, 0.1) is 0 Å². The second kappa shape index (κ2) is 18.3. The highest BCUT2D eigenvalue weighted by molar-refractivity contribution is 5.96. The molecule has 0 saturated carbocycles. The van der Waals surface area contributed by atoms with Crippen LogP contribution in [0.3, 0.4) is 0 Å². The molecule has 0 aliphatic rings. The summed E-state index contributed by atoms with van der Waals surface area (Å²) in [6, 6.07) is 70.4. The lowest BCUT2D eigenvalue weighted by atomic mass is 9.85. The van der Waals surface area contributed by atoms with Gasteiger partial charge in [0.1, 0.15) is 0 Å². The van der Waals surface area contributed by atoms with Gasteiger partial charge in [0.25, 0.3) is 0 Å². The van der Waals surface area contributed by atoms with Gasteiger partial charge in [-0.2, -0.15) is 0 Å². The number of fused-ring (bicyclic) bond motifs is 1. The highest BCUT2D eigenvalue weighted by Gasteiger charge is 2.16. The Labute approximate surface area is 370 Å². The molecule has 0 radical (unpaired) electrons. The number of benzene rings is 8. The van der Waals surface area contributed by atoms with Crippen LogP contribution in [-0.4, -0.2) is 0 Å². The second-order valence-electron chi connectivity index (χ2n) is 18.3. The third kappa shape index (κ3) is 10.3. The van der Waals surface area contributed by atoms with Crippen molar-refractivity contribution in [1.82, 2.24) is 0 Å². The zero-order valence-corrected chi connectivity index (χ0v) is 36.9. The zero-order chi connectivity index (χ0) is 43.1. The Hall–Kier alpha value is -7.02. The molecule has 0 aliphatic heterocycles. The lowest BCUT2D eigenvalue weighted by Gasteiger charge is -2.19. The summed E-state index contributed by atoms with van der Waals surface area (Å²) in [7, 11) is 0. The first-order chi connectivity index (χ1) is 30.0. The monoisotopic (exact) mass is 800 g/mol. The van der Waals surface area contributed by atoms with Gasteiger partial charge in [0.2, 0.25) is 0 Å². The fraction of sp³-hybridized carbons (Fsp3) is 0.129. The molecule has 304 valence electrons. The summed E-state index contributed by atoms with van der Waals surface area (Å²) >= 11 is 0. The third-order valence-electron chi connectivity index (χ3n) is 11.6. The van der Waals surface area contributed by atoms with Crippen molar-refractivity contribution in [2.75, 3.05) is 0 Å². The van der Waals surface area contributed by atoms with E-state index in [4.69, 9.17) is 0 Å². The summed E-state index contributed by atoms with van der Waals surface area (Å²) in [4.78, 5) is 0. The van der Waals surface area contributed by atoms with Crippen molar-refractivity contribution in [2.45, 2.75) is 52.4 Å². The quantitative estimate of drug-likeness (QED) is 0.121. The lowest BCUT2D eigenvalue weighted by molar-refractivity contribution is 0.590. The second-order valence-corrected chi connectivity index (χ2v) is 18.3. The van der Waals surface area contributed by atoms with E-state index < -0.39 is 0 Å². The lowest BCUT2D eigenvalue weighted by Crippen LogP contribution is -2.10. The maximum Gasteiger partial charge on any atom is -0.0105 e. The molecule has 0 nitrogen and oxygen atoms in total. The molecule has 0 N–H and O–H groups in total. The molecule has 0 fully saturated rings. The average molecular weight is 801 g/mol. The Morgan fingerprint density at radius 3 is 1.15 bits per heavy atom. The maximum atomic E-state index is 2.30. The molecule has 62 heavy (non-hydrogen) atoms. The van der Waals surface area contributed by atoms with E-state index in [0.717, 1.165) is 11.1 Å². The van der Waals surface area contributed by atoms with Crippen molar-refractivity contribution in [3.63, 3.8) is 0 Å². The first kappa shape index (κ1) is 41.7. The van der Waals surface area contributed by atoms with E-state index in [0.29, 0.717) is 0 Å². The third-order valence-corrected chi connectivity index (χ3v) is 11.6. The average Bonchev–Trinajstić information content (AvgIpc) is 3.29. The molecule has 8 aromatic carbocycles. The molecular formula is C62H56. The number of hydrogen-bond donors (Lipinski definition) is 0. The van der Waals surface area contributed by atoms with Crippen LogP contribution in [0, 0.1) is 0 Å². The summed E-state index contributed by atoms with van der Waals surface area (Å²) < 4.78 is 0. The van der Waals surface area contributed by atoms with E-state index in [9.17, 15) is 0 Å². The molecule has 0 aromatic heterocycles. The predicted molar refractivity (Wildman–Crippen MR) is 272 cm³/mol. The maximum absolute atomic E-state index is 2.30. The van der Waals surface area contributed by atoms with E-state index in [1.54, 1.807) is 0 Å². The topological polar surface area (TPSA) is 0 Å². The van der Waals surface area contributed by atoms with Gasteiger partial charge >= 0.3 is 0 Å². The Morgan fingerprint density at radius 1 is 0.323 bits per heavy atom. The Balaban J connectivity index is 1.02. The van der Waals surface area contributed by atoms with Gasteiger partial charge in [-0.25, -0.2) is 0 Å². The Kier molecular flexibility index (Phi) is 12.3. The van der Waals surface area contributed by atoms with Crippen LogP contribution in [-0.2, 0) is 10.8 Å². The van der Waals surface area contributed by atoms with E-state index in [2.05, 4.69) is 272 Å². The molecule has 0 bridgehead atoms. The molecule has 0 unspecified atom stereocenters. The van der Waals surface area contributed by atoms with Gasteiger partial charge in [0, 0.05) is 0 Å². The molecule has 0 heteroatoms. The van der Waals surface area contributed by atoms with E-state index in [-0.39, 0.29) is 10.8 Å². The summed E-state index contributed by atoms with van der Waals surface area (Å²) in [5.41, 5.74) is 17.2. The molecule has 0 aliphatic carbocycles. The molecule has 8 rings (SSSR count). The molecule has 0 saturated heterocycles. The smallest absolute Gasteiger partial charge is 0.0105 e. The van der Waals surface area contributed by atoms with Crippen LogP contribution < -0.4 is 0 Å². The zero-order valence-electron chi connectivity index (χ0n) is 36.9. The van der Waals surface area contributed by atoms with E-state index >= 15 is 0 Å². The molecule has 0 spiro atoms. The summed E-state index contributed by atoms with van der Waals surface area (Å²) in [6.07, 6.45) is 13.5. The van der Waals surface area contributed by atoms with Gasteiger partial charge < -0.3 is 0 Å². The fourth-order valence-corrected chi connectivity index (χ4v) is 7.92. The Morgan fingerprint density at radius 2 is 0.694 bits per heavy atom. The van der Waals surface area contributed by atoms with Gasteiger partial charge in [-0.05, 0) is 124 Å². The minimum absolute atomic E-state index is 0.115. The number of hydrogen-bond acceptors (Lipinski definition) is 0. The van der Waals surface area contributed by atoms with Crippen molar-refractivity contribution >= 4 is 58.4 Å². The Bertz CT molecular complexity index is 2870. The largest absolute Gasteiger partial charge is 0.0622 e. The van der Waals surface area contributed by atoms with Crippen molar-refractivity contribution in [3.8, 4) is 0 Å². The SMILES string of the molecule is CC(C)(C)c1ccc(/C(=C\c2ccc(/C=C\c3cc(/C=C\c4ccc(/C=C(/c5ccccc5)c5ccc(C(C)(C)C)cc5)cc4)c4ccccc4c3)cc2)c2ccccc2)cc1. The van der Waals surface area contributed by atoms with Crippen LogP contribution in [0.25, 0.3) is 58.4 Å². The first-order valence-corrected chi connectivity index (χ1v) is 21.8. The van der Waals surface area contributed by atoms with Gasteiger partial charge in [0.15, 0.2) is 0 Å². The van der Waals surface area contributed by atoms with Gasteiger partial charge in [-0.1, -0.05) is 248 Å². The normalized spacial score (nSPS) is 12.7. The van der Waals surface area contributed by atoms with Crippen molar-refractivity contribution in [2.24, 2.45) is 0 Å². The summed E-state index contributed by atoms with van der Waals surface area (Å²) in [6.45, 7) is 13.6. The first-order valence-electron chi connectivity index (χ1n) is 21.8. The minimum Gasteiger partial charge on any atom is -0.0622 e. The fourth-order valence-electron chi connectivity index (χ4n) is 7.92. The highest BCUT2D eigenvalue weighted by atomic mass is 14.2. The van der Waals surface area contributed by atoms with E-state index in [1.165, 1.54) is 77.6 Å². The standard InChI is InChI=1S/C62H56/c1-61(2,3)56-37-33-52(34-38-56)59(50-15-9-7-10-16-50)43-47-26-21-45(22-27-47)25-30-49-41-54-19-13-14-20-58(54)55(42-49)32-31-46-23-28-48(29-24-46)44-60(51-17-11-8-12-18-51)53-35-39-57(40-36-53)62(4,5)6/h7-44H,1-6H3/b30-25-,32-31-,59-43-,60-44-. The van der Waals surface area contributed by atoms with Crippen LogP contribution in [0.4, 0.5) is 0 Å². The molecule has 8 aromatic rings. The van der Waals surface area contributed by atoms with Crippen LogP contribution in [0.1, 0.15) is 108 Å². The van der Waals surface area contributed by atoms with Gasteiger partial charge in [-0.3, -0.25) is 0 Å². The summed E-state index contributed by atoms with van der Waals surface area (Å²) in [5.74, 6) is 0. The van der Waals surface area contributed by atoms with Crippen LogP contribution in [0.15, 0.2) is 194 Å².